The molecule has 2 rings (SSSR count). The van der Waals surface area contributed by atoms with Gasteiger partial charge in [-0.25, -0.2) is 0 Å². The molecule has 0 radical (unpaired) electrons. The van der Waals surface area contributed by atoms with E-state index >= 15 is 0 Å². The maximum Gasteiger partial charge on any atom is 0.258 e. The smallest absolute Gasteiger partial charge is 0.258 e. The standard InChI is InChI=1S/C14H19NO4/c1-11-2-4-12(5-3-11)19-8-13(16)15-9-14(17)6-7-18-10-14/h2-5,17H,6-10H2,1H3,(H,15,16). The van der Waals surface area contributed by atoms with Gasteiger partial charge in [-0.2, -0.15) is 0 Å². The first-order chi connectivity index (χ1) is 9.07. The van der Waals surface area contributed by atoms with Gasteiger partial charge in [0.1, 0.15) is 11.4 Å². The van der Waals surface area contributed by atoms with E-state index < -0.39 is 5.60 Å². The zero-order valence-corrected chi connectivity index (χ0v) is 11.0. The minimum atomic E-state index is -0.931. The maximum absolute atomic E-state index is 11.6. The molecule has 0 aromatic heterocycles. The molecule has 5 heteroatoms. The largest absolute Gasteiger partial charge is 0.484 e. The number of ether oxygens (including phenoxy) is 2. The van der Waals surface area contributed by atoms with Gasteiger partial charge in [-0.1, -0.05) is 17.7 Å². The van der Waals surface area contributed by atoms with Gasteiger partial charge in [0.05, 0.1) is 6.61 Å². The SMILES string of the molecule is Cc1ccc(OCC(=O)NCC2(O)CCOC2)cc1. The van der Waals surface area contributed by atoms with Crippen molar-refractivity contribution in [2.75, 3.05) is 26.4 Å². The van der Waals surface area contributed by atoms with Crippen LogP contribution in [0.4, 0.5) is 0 Å². The van der Waals surface area contributed by atoms with Crippen LogP contribution in [0.2, 0.25) is 0 Å². The summed E-state index contributed by atoms with van der Waals surface area (Å²) < 4.78 is 10.4. The molecule has 0 aliphatic carbocycles. The van der Waals surface area contributed by atoms with Gasteiger partial charge in [-0.15, -0.1) is 0 Å². The normalized spacial score (nSPS) is 22.2. The molecule has 1 aliphatic rings. The van der Waals surface area contributed by atoms with Crippen molar-refractivity contribution < 1.29 is 19.4 Å². The number of hydrogen-bond acceptors (Lipinski definition) is 4. The topological polar surface area (TPSA) is 67.8 Å². The Labute approximate surface area is 112 Å². The van der Waals surface area contributed by atoms with Crippen molar-refractivity contribution in [3.8, 4) is 5.75 Å². The zero-order valence-electron chi connectivity index (χ0n) is 11.0. The average Bonchev–Trinajstić information content (AvgIpc) is 2.83. The Balaban J connectivity index is 1.71. The van der Waals surface area contributed by atoms with E-state index in [0.29, 0.717) is 18.8 Å². The Hall–Kier alpha value is -1.59. The van der Waals surface area contributed by atoms with E-state index in [0.717, 1.165) is 5.56 Å². The summed E-state index contributed by atoms with van der Waals surface area (Å²) in [5, 5.41) is 12.6. The second-order valence-corrected chi connectivity index (χ2v) is 4.91. The molecule has 0 saturated carbocycles. The quantitative estimate of drug-likeness (QED) is 0.820. The van der Waals surface area contributed by atoms with Crippen LogP contribution in [0, 0.1) is 6.92 Å². The molecule has 5 nitrogen and oxygen atoms in total. The maximum atomic E-state index is 11.6. The molecule has 104 valence electrons. The van der Waals surface area contributed by atoms with Gasteiger partial charge in [0.2, 0.25) is 0 Å². The summed E-state index contributed by atoms with van der Waals surface area (Å²) in [5.41, 5.74) is 0.208. The average molecular weight is 265 g/mol. The molecule has 1 aromatic rings. The zero-order chi connectivity index (χ0) is 13.7. The summed E-state index contributed by atoms with van der Waals surface area (Å²) in [4.78, 5) is 11.6. The first-order valence-electron chi connectivity index (χ1n) is 6.34. The van der Waals surface area contributed by atoms with Crippen molar-refractivity contribution in [1.82, 2.24) is 5.32 Å². The minimum Gasteiger partial charge on any atom is -0.484 e. The van der Waals surface area contributed by atoms with Gasteiger partial charge in [-0.05, 0) is 19.1 Å². The Morgan fingerprint density at radius 1 is 1.47 bits per heavy atom. The van der Waals surface area contributed by atoms with Crippen molar-refractivity contribution in [1.29, 1.82) is 0 Å². The van der Waals surface area contributed by atoms with Crippen molar-refractivity contribution in [3.05, 3.63) is 29.8 Å². The molecule has 0 bridgehead atoms. The van der Waals surface area contributed by atoms with Gasteiger partial charge in [0, 0.05) is 19.6 Å². The number of hydrogen-bond donors (Lipinski definition) is 2. The summed E-state index contributed by atoms with van der Waals surface area (Å²) in [7, 11) is 0. The van der Waals surface area contributed by atoms with Crippen LogP contribution < -0.4 is 10.1 Å². The Morgan fingerprint density at radius 2 is 2.21 bits per heavy atom. The van der Waals surface area contributed by atoms with E-state index in [9.17, 15) is 9.90 Å². The molecular formula is C14H19NO4. The molecule has 0 spiro atoms. The lowest BCUT2D eigenvalue weighted by Crippen LogP contribution is -2.44. The summed E-state index contributed by atoms with van der Waals surface area (Å²) >= 11 is 0. The van der Waals surface area contributed by atoms with Crippen LogP contribution in [0.15, 0.2) is 24.3 Å². The molecule has 19 heavy (non-hydrogen) atoms. The van der Waals surface area contributed by atoms with Crippen LogP contribution in [-0.2, 0) is 9.53 Å². The molecule has 1 atom stereocenters. The van der Waals surface area contributed by atoms with Crippen LogP contribution in [0.1, 0.15) is 12.0 Å². The van der Waals surface area contributed by atoms with Gasteiger partial charge < -0.3 is 19.9 Å². The lowest BCUT2D eigenvalue weighted by Gasteiger charge is -2.20. The Bertz CT molecular complexity index is 424. The van der Waals surface area contributed by atoms with E-state index in [1.807, 2.05) is 31.2 Å². The molecule has 1 heterocycles. The van der Waals surface area contributed by atoms with Crippen LogP contribution in [0.25, 0.3) is 0 Å². The first-order valence-corrected chi connectivity index (χ1v) is 6.34. The van der Waals surface area contributed by atoms with E-state index in [1.165, 1.54) is 0 Å². The van der Waals surface area contributed by atoms with Crippen molar-refractivity contribution in [3.63, 3.8) is 0 Å². The molecular weight excluding hydrogens is 246 g/mol. The van der Waals surface area contributed by atoms with Crippen LogP contribution in [-0.4, -0.2) is 43.0 Å². The summed E-state index contributed by atoms with van der Waals surface area (Å²) in [6.07, 6.45) is 0.548. The summed E-state index contributed by atoms with van der Waals surface area (Å²) in [6, 6.07) is 7.49. The lowest BCUT2D eigenvalue weighted by atomic mass is 10.0. The van der Waals surface area contributed by atoms with E-state index in [-0.39, 0.29) is 25.7 Å². The van der Waals surface area contributed by atoms with Crippen molar-refractivity contribution in [2.45, 2.75) is 18.9 Å². The highest BCUT2D eigenvalue weighted by Gasteiger charge is 2.32. The number of carbonyl (C=O) groups is 1. The Kier molecular flexibility index (Phi) is 4.39. The highest BCUT2D eigenvalue weighted by atomic mass is 16.5. The van der Waals surface area contributed by atoms with E-state index in [2.05, 4.69) is 5.32 Å². The fourth-order valence-electron chi connectivity index (χ4n) is 1.83. The molecule has 2 N–H and O–H groups in total. The van der Waals surface area contributed by atoms with Crippen molar-refractivity contribution >= 4 is 5.91 Å². The monoisotopic (exact) mass is 265 g/mol. The number of rotatable bonds is 5. The van der Waals surface area contributed by atoms with Gasteiger partial charge in [0.15, 0.2) is 6.61 Å². The highest BCUT2D eigenvalue weighted by molar-refractivity contribution is 5.77. The predicted octanol–water partition coefficient (Wildman–Crippen LogP) is 0.641. The number of nitrogens with one attached hydrogen (secondary N) is 1. The van der Waals surface area contributed by atoms with Gasteiger partial charge in [0.25, 0.3) is 5.91 Å². The lowest BCUT2D eigenvalue weighted by molar-refractivity contribution is -0.124. The number of benzene rings is 1. The van der Waals surface area contributed by atoms with Crippen LogP contribution >= 0.6 is 0 Å². The molecule has 1 amide bonds. The number of amides is 1. The molecule has 1 saturated heterocycles. The summed E-state index contributed by atoms with van der Waals surface area (Å²) in [5.74, 6) is 0.407. The number of carbonyl (C=O) groups excluding carboxylic acids is 1. The molecule has 1 aliphatic heterocycles. The first kappa shape index (κ1) is 13.8. The molecule has 1 fully saturated rings. The second kappa shape index (κ2) is 6.04. The number of aliphatic hydroxyl groups is 1. The van der Waals surface area contributed by atoms with E-state index in [1.54, 1.807) is 0 Å². The fourth-order valence-corrected chi connectivity index (χ4v) is 1.83. The van der Waals surface area contributed by atoms with Gasteiger partial charge >= 0.3 is 0 Å². The van der Waals surface area contributed by atoms with Gasteiger partial charge in [-0.3, -0.25) is 4.79 Å². The van der Waals surface area contributed by atoms with Crippen molar-refractivity contribution in [2.24, 2.45) is 0 Å². The Morgan fingerprint density at radius 3 is 2.84 bits per heavy atom. The third kappa shape index (κ3) is 4.22. The van der Waals surface area contributed by atoms with Crippen LogP contribution in [0.5, 0.6) is 5.75 Å². The third-order valence-electron chi connectivity index (χ3n) is 3.09. The van der Waals surface area contributed by atoms with E-state index in [4.69, 9.17) is 9.47 Å². The van der Waals surface area contributed by atoms with Crippen LogP contribution in [0.3, 0.4) is 0 Å². The number of aryl methyl sites for hydroxylation is 1. The second-order valence-electron chi connectivity index (χ2n) is 4.91. The predicted molar refractivity (Wildman–Crippen MR) is 70.1 cm³/mol. The third-order valence-corrected chi connectivity index (χ3v) is 3.09. The highest BCUT2D eigenvalue weighted by Crippen LogP contribution is 2.16. The minimum absolute atomic E-state index is 0.0556. The fraction of sp³-hybridized carbons (Fsp3) is 0.500. The summed E-state index contributed by atoms with van der Waals surface area (Å²) in [6.45, 7) is 2.93. The molecule has 1 aromatic carbocycles. The molecule has 1 unspecified atom stereocenters.